The Labute approximate surface area is 114 Å². The molecule has 0 saturated heterocycles. The van der Waals surface area contributed by atoms with Crippen LogP contribution in [0.25, 0.3) is 5.95 Å². The van der Waals surface area contributed by atoms with Crippen LogP contribution in [0.1, 0.15) is 13.8 Å². The maximum absolute atomic E-state index is 9.53. The first kappa shape index (κ1) is 13.7. The van der Waals surface area contributed by atoms with Crippen LogP contribution in [0.3, 0.4) is 0 Å². The molecule has 0 amide bonds. The third-order valence-corrected chi connectivity index (χ3v) is 3.58. The van der Waals surface area contributed by atoms with Crippen molar-refractivity contribution in [3.05, 3.63) is 12.7 Å². The molecular formula is C10H15N7OS. The zero-order chi connectivity index (χ0) is 13.8. The molecule has 0 aliphatic rings. The number of hydrogen-bond acceptors (Lipinski definition) is 8. The van der Waals surface area contributed by atoms with Gasteiger partial charge in [-0.15, -0.1) is 0 Å². The third-order valence-electron chi connectivity index (χ3n) is 2.42. The van der Waals surface area contributed by atoms with Gasteiger partial charge < -0.3 is 10.4 Å². The van der Waals surface area contributed by atoms with E-state index < -0.39 is 6.10 Å². The molecule has 0 fully saturated rings. The van der Waals surface area contributed by atoms with Crippen molar-refractivity contribution in [2.45, 2.75) is 30.4 Å². The van der Waals surface area contributed by atoms with E-state index in [1.54, 1.807) is 14.0 Å². The predicted octanol–water partition coefficient (Wildman–Crippen LogP) is 0.355. The van der Waals surface area contributed by atoms with Gasteiger partial charge in [0.2, 0.25) is 5.95 Å². The van der Waals surface area contributed by atoms with E-state index in [0.717, 1.165) is 0 Å². The molecule has 0 aliphatic carbocycles. The molecule has 0 radical (unpaired) electrons. The molecule has 0 spiro atoms. The van der Waals surface area contributed by atoms with E-state index in [0.29, 0.717) is 17.1 Å². The van der Waals surface area contributed by atoms with Crippen molar-refractivity contribution in [3.8, 4) is 5.95 Å². The van der Waals surface area contributed by atoms with Crippen molar-refractivity contribution in [2.24, 2.45) is 0 Å². The van der Waals surface area contributed by atoms with Gasteiger partial charge in [-0.3, -0.25) is 0 Å². The summed E-state index contributed by atoms with van der Waals surface area (Å²) in [5, 5.41) is 16.9. The van der Waals surface area contributed by atoms with Gasteiger partial charge in [0.25, 0.3) is 5.95 Å². The Hall–Kier alpha value is -1.74. The maximum Gasteiger partial charge on any atom is 0.257 e. The van der Waals surface area contributed by atoms with E-state index in [2.05, 4.69) is 30.4 Å². The van der Waals surface area contributed by atoms with Crippen molar-refractivity contribution in [1.82, 2.24) is 29.7 Å². The molecule has 2 aromatic heterocycles. The molecule has 2 unspecified atom stereocenters. The molecule has 0 bridgehead atoms. The number of thioether (sulfide) groups is 1. The Morgan fingerprint density at radius 3 is 2.68 bits per heavy atom. The molecule has 102 valence electrons. The molecule has 8 nitrogen and oxygen atoms in total. The first-order valence-corrected chi connectivity index (χ1v) is 6.61. The van der Waals surface area contributed by atoms with E-state index in [1.807, 2.05) is 6.92 Å². The fourth-order valence-electron chi connectivity index (χ4n) is 1.19. The normalized spacial score (nSPS) is 14.1. The van der Waals surface area contributed by atoms with Gasteiger partial charge in [-0.25, -0.2) is 4.98 Å². The molecule has 2 aromatic rings. The van der Waals surface area contributed by atoms with Crippen LogP contribution in [0.5, 0.6) is 0 Å². The quantitative estimate of drug-likeness (QED) is 0.757. The highest BCUT2D eigenvalue weighted by atomic mass is 32.2. The molecule has 0 saturated carbocycles. The van der Waals surface area contributed by atoms with Gasteiger partial charge in [0.15, 0.2) is 5.16 Å². The van der Waals surface area contributed by atoms with Crippen LogP contribution in [0.4, 0.5) is 5.95 Å². The number of nitrogens with zero attached hydrogens (tertiary/aromatic N) is 6. The standard InChI is InChI=1S/C10H15N7OS/c1-6(18)7(2)19-10-15-8(11-3)14-9(16-10)17-5-12-4-13-17/h4-7,18H,1-3H3,(H,11,14,15,16). The zero-order valence-electron chi connectivity index (χ0n) is 10.8. The highest BCUT2D eigenvalue weighted by Gasteiger charge is 2.15. The van der Waals surface area contributed by atoms with E-state index in [-0.39, 0.29) is 5.25 Å². The monoisotopic (exact) mass is 281 g/mol. The smallest absolute Gasteiger partial charge is 0.257 e. The van der Waals surface area contributed by atoms with Crippen LogP contribution in [0.15, 0.2) is 17.8 Å². The average Bonchev–Trinajstić information content (AvgIpc) is 2.92. The Balaban J connectivity index is 2.31. The summed E-state index contributed by atoms with van der Waals surface area (Å²) in [7, 11) is 1.73. The van der Waals surface area contributed by atoms with Crippen LogP contribution in [-0.2, 0) is 0 Å². The lowest BCUT2D eigenvalue weighted by Gasteiger charge is -2.13. The SMILES string of the molecule is CNc1nc(SC(C)C(C)O)nc(-n2cncn2)n1. The summed E-state index contributed by atoms with van der Waals surface area (Å²) in [5.41, 5.74) is 0. The van der Waals surface area contributed by atoms with Gasteiger partial charge in [-0.2, -0.15) is 24.7 Å². The van der Waals surface area contributed by atoms with Crippen molar-refractivity contribution in [3.63, 3.8) is 0 Å². The number of nitrogens with one attached hydrogen (secondary N) is 1. The summed E-state index contributed by atoms with van der Waals surface area (Å²) >= 11 is 1.38. The maximum atomic E-state index is 9.53. The fraction of sp³-hybridized carbons (Fsp3) is 0.500. The Morgan fingerprint density at radius 1 is 1.32 bits per heavy atom. The predicted molar refractivity (Wildman–Crippen MR) is 71.3 cm³/mol. The van der Waals surface area contributed by atoms with Gasteiger partial charge in [-0.1, -0.05) is 18.7 Å². The minimum absolute atomic E-state index is 0.0179. The van der Waals surface area contributed by atoms with Crippen molar-refractivity contribution < 1.29 is 5.11 Å². The summed E-state index contributed by atoms with van der Waals surface area (Å²) < 4.78 is 1.46. The van der Waals surface area contributed by atoms with Gasteiger partial charge in [-0.05, 0) is 6.92 Å². The lowest BCUT2D eigenvalue weighted by atomic mass is 10.3. The molecule has 2 atom stereocenters. The minimum Gasteiger partial charge on any atom is -0.392 e. The van der Waals surface area contributed by atoms with E-state index >= 15 is 0 Å². The van der Waals surface area contributed by atoms with Crippen LogP contribution in [0.2, 0.25) is 0 Å². The Bertz CT molecular complexity index is 531. The average molecular weight is 281 g/mol. The number of aliphatic hydroxyl groups excluding tert-OH is 1. The van der Waals surface area contributed by atoms with Gasteiger partial charge >= 0.3 is 0 Å². The largest absolute Gasteiger partial charge is 0.392 e. The lowest BCUT2D eigenvalue weighted by Crippen LogP contribution is -2.16. The third kappa shape index (κ3) is 3.38. The summed E-state index contributed by atoms with van der Waals surface area (Å²) in [6, 6.07) is 0. The highest BCUT2D eigenvalue weighted by molar-refractivity contribution is 7.99. The molecular weight excluding hydrogens is 266 g/mol. The van der Waals surface area contributed by atoms with E-state index in [9.17, 15) is 5.11 Å². The van der Waals surface area contributed by atoms with Crippen molar-refractivity contribution in [1.29, 1.82) is 0 Å². The number of aliphatic hydroxyl groups is 1. The Kier molecular flexibility index (Phi) is 4.27. The van der Waals surface area contributed by atoms with Crippen LogP contribution in [0, 0.1) is 0 Å². The molecule has 0 aliphatic heterocycles. The number of hydrogen-bond donors (Lipinski definition) is 2. The van der Waals surface area contributed by atoms with E-state index in [1.165, 1.54) is 29.1 Å². The topological polar surface area (TPSA) is 102 Å². The molecule has 19 heavy (non-hydrogen) atoms. The first-order chi connectivity index (χ1) is 9.10. The van der Waals surface area contributed by atoms with E-state index in [4.69, 9.17) is 0 Å². The van der Waals surface area contributed by atoms with Crippen LogP contribution < -0.4 is 5.32 Å². The molecule has 2 N–H and O–H groups in total. The summed E-state index contributed by atoms with van der Waals surface area (Å²) in [4.78, 5) is 16.6. The van der Waals surface area contributed by atoms with Crippen molar-refractivity contribution >= 4 is 17.7 Å². The van der Waals surface area contributed by atoms with Gasteiger partial charge in [0.05, 0.1) is 6.10 Å². The zero-order valence-corrected chi connectivity index (χ0v) is 11.7. The summed E-state index contributed by atoms with van der Waals surface area (Å²) in [6.07, 6.45) is 2.48. The number of rotatable bonds is 5. The highest BCUT2D eigenvalue weighted by Crippen LogP contribution is 2.23. The fourth-order valence-corrected chi connectivity index (χ4v) is 1.99. The second-order valence-electron chi connectivity index (χ2n) is 3.90. The summed E-state index contributed by atoms with van der Waals surface area (Å²) in [6.45, 7) is 3.64. The molecule has 0 aromatic carbocycles. The minimum atomic E-state index is -0.449. The van der Waals surface area contributed by atoms with Crippen LogP contribution >= 0.6 is 11.8 Å². The first-order valence-electron chi connectivity index (χ1n) is 5.73. The van der Waals surface area contributed by atoms with Gasteiger partial charge in [0, 0.05) is 12.3 Å². The number of aromatic nitrogens is 6. The second-order valence-corrected chi connectivity index (χ2v) is 5.24. The molecule has 2 heterocycles. The number of anilines is 1. The molecule has 2 rings (SSSR count). The van der Waals surface area contributed by atoms with Gasteiger partial charge in [0.1, 0.15) is 12.7 Å². The Morgan fingerprint density at radius 2 is 2.11 bits per heavy atom. The van der Waals surface area contributed by atoms with Crippen molar-refractivity contribution in [2.75, 3.05) is 12.4 Å². The van der Waals surface area contributed by atoms with Crippen LogP contribution in [-0.4, -0.2) is 53.2 Å². The second kappa shape index (κ2) is 5.93. The lowest BCUT2D eigenvalue weighted by molar-refractivity contribution is 0.196. The molecule has 9 heteroatoms. The summed E-state index contributed by atoms with van der Waals surface area (Å²) in [5.74, 6) is 0.831.